The first-order valence-electron chi connectivity index (χ1n) is 6.71. The van der Waals surface area contributed by atoms with Crippen LogP contribution in [-0.4, -0.2) is 47.6 Å². The normalized spacial score (nSPS) is 18.1. The molecule has 11 heteroatoms. The van der Waals surface area contributed by atoms with Crippen molar-refractivity contribution in [2.45, 2.75) is 18.6 Å². The summed E-state index contributed by atoms with van der Waals surface area (Å²) in [6.07, 6.45) is -5.30. The van der Waals surface area contributed by atoms with E-state index in [1.165, 1.54) is 13.1 Å². The minimum Gasteiger partial charge on any atom is -0.440 e. The fourth-order valence-corrected chi connectivity index (χ4v) is 2.17. The van der Waals surface area contributed by atoms with Gasteiger partial charge in [0.2, 0.25) is 0 Å². The first-order chi connectivity index (χ1) is 10.7. The SMILES string of the molecule is Cn1c(=O)cc(N2CC[C@H](NC(=O)OCC(F)(F)F)C2)[nH]c1=O. The van der Waals surface area contributed by atoms with Gasteiger partial charge in [-0.25, -0.2) is 9.59 Å². The van der Waals surface area contributed by atoms with Crippen LogP contribution in [0.5, 0.6) is 0 Å². The highest BCUT2D eigenvalue weighted by Gasteiger charge is 2.31. The average molecular weight is 336 g/mol. The molecule has 128 valence electrons. The lowest BCUT2D eigenvalue weighted by atomic mass is 10.3. The number of carbonyl (C=O) groups is 1. The van der Waals surface area contributed by atoms with Crippen LogP contribution in [0.15, 0.2) is 15.7 Å². The molecule has 1 atom stereocenters. The van der Waals surface area contributed by atoms with Gasteiger partial charge in [0.1, 0.15) is 5.82 Å². The number of ether oxygens (including phenoxy) is 1. The number of hydrogen-bond donors (Lipinski definition) is 2. The van der Waals surface area contributed by atoms with Crippen molar-refractivity contribution < 1.29 is 22.7 Å². The minimum absolute atomic E-state index is 0.240. The van der Waals surface area contributed by atoms with Crippen molar-refractivity contribution in [1.29, 1.82) is 0 Å². The molecule has 1 aliphatic heterocycles. The number of alkyl halides is 3. The second kappa shape index (κ2) is 6.34. The maximum Gasteiger partial charge on any atom is 0.422 e. The molecular weight excluding hydrogens is 321 g/mol. The summed E-state index contributed by atoms with van der Waals surface area (Å²) >= 11 is 0. The molecule has 1 aromatic rings. The molecule has 1 fully saturated rings. The molecule has 1 amide bonds. The number of nitrogens with zero attached hydrogens (tertiary/aromatic N) is 2. The second-order valence-corrected chi connectivity index (χ2v) is 5.12. The predicted octanol–water partition coefficient (Wildman–Crippen LogP) is -0.0592. The van der Waals surface area contributed by atoms with Crippen molar-refractivity contribution in [3.05, 3.63) is 26.9 Å². The molecule has 2 N–H and O–H groups in total. The number of nitrogens with one attached hydrogen (secondary N) is 2. The van der Waals surface area contributed by atoms with E-state index in [0.29, 0.717) is 18.8 Å². The van der Waals surface area contributed by atoms with Gasteiger partial charge in [0, 0.05) is 26.2 Å². The number of hydrogen-bond acceptors (Lipinski definition) is 5. The van der Waals surface area contributed by atoms with Crippen LogP contribution in [0.2, 0.25) is 0 Å². The Labute approximate surface area is 127 Å². The van der Waals surface area contributed by atoms with Crippen molar-refractivity contribution in [1.82, 2.24) is 14.9 Å². The highest BCUT2D eigenvalue weighted by Crippen LogP contribution is 2.17. The predicted molar refractivity (Wildman–Crippen MR) is 73.5 cm³/mol. The Bertz CT molecular complexity index is 666. The summed E-state index contributed by atoms with van der Waals surface area (Å²) in [4.78, 5) is 38.6. The summed E-state index contributed by atoms with van der Waals surface area (Å²) in [5.41, 5.74) is -1.06. The molecule has 0 unspecified atom stereocenters. The van der Waals surface area contributed by atoms with Gasteiger partial charge < -0.3 is 15.0 Å². The van der Waals surface area contributed by atoms with Crippen LogP contribution in [0.4, 0.5) is 23.8 Å². The van der Waals surface area contributed by atoms with Crippen LogP contribution in [0.3, 0.4) is 0 Å². The third-order valence-electron chi connectivity index (χ3n) is 3.35. The Hall–Kier alpha value is -2.46. The van der Waals surface area contributed by atoms with E-state index in [2.05, 4.69) is 15.0 Å². The molecule has 0 radical (unpaired) electrons. The number of aromatic amines is 1. The molecule has 0 saturated carbocycles. The number of anilines is 1. The lowest BCUT2D eigenvalue weighted by Gasteiger charge is -2.18. The van der Waals surface area contributed by atoms with Gasteiger partial charge in [0.05, 0.1) is 6.04 Å². The van der Waals surface area contributed by atoms with E-state index < -0.39 is 36.2 Å². The molecule has 1 saturated heterocycles. The minimum atomic E-state index is -4.58. The molecule has 0 bridgehead atoms. The Morgan fingerprint density at radius 2 is 2.17 bits per heavy atom. The van der Waals surface area contributed by atoms with Crippen molar-refractivity contribution >= 4 is 11.9 Å². The van der Waals surface area contributed by atoms with Crippen LogP contribution in [0, 0.1) is 0 Å². The molecule has 8 nitrogen and oxygen atoms in total. The number of amides is 1. The number of rotatable bonds is 3. The molecule has 1 aliphatic rings. The van der Waals surface area contributed by atoms with E-state index >= 15 is 0 Å². The molecule has 0 spiro atoms. The maximum absolute atomic E-state index is 11.9. The Morgan fingerprint density at radius 3 is 2.78 bits per heavy atom. The van der Waals surface area contributed by atoms with E-state index in [0.717, 1.165) is 4.57 Å². The quantitative estimate of drug-likeness (QED) is 0.806. The standard InChI is InChI=1S/C12H15F3N4O4/c1-18-9(20)4-8(17-10(18)21)19-3-2-7(5-19)16-11(22)23-6-12(13,14)15/h4,7H,2-3,5-6H2,1H3,(H,16,22)(H,17,21)/t7-/m0/s1. The second-order valence-electron chi connectivity index (χ2n) is 5.12. The summed E-state index contributed by atoms with van der Waals surface area (Å²) in [6.45, 7) is -0.991. The molecular formula is C12H15F3N4O4. The fourth-order valence-electron chi connectivity index (χ4n) is 2.17. The monoisotopic (exact) mass is 336 g/mol. The summed E-state index contributed by atoms with van der Waals surface area (Å²) in [6, 6.07) is 0.800. The van der Waals surface area contributed by atoms with Gasteiger partial charge in [-0.2, -0.15) is 13.2 Å². The van der Waals surface area contributed by atoms with Gasteiger partial charge in [-0.3, -0.25) is 14.3 Å². The van der Waals surface area contributed by atoms with Gasteiger partial charge >= 0.3 is 18.0 Å². The number of alkyl carbamates (subject to hydrolysis) is 1. The van der Waals surface area contributed by atoms with E-state index in [9.17, 15) is 27.6 Å². The van der Waals surface area contributed by atoms with Crippen molar-refractivity contribution in [3.8, 4) is 0 Å². The van der Waals surface area contributed by atoms with Crippen molar-refractivity contribution in [3.63, 3.8) is 0 Å². The first kappa shape index (κ1) is 16.9. The lowest BCUT2D eigenvalue weighted by molar-refractivity contribution is -0.160. The molecule has 0 aliphatic carbocycles. The summed E-state index contributed by atoms with van der Waals surface area (Å²) < 4.78 is 40.8. The largest absolute Gasteiger partial charge is 0.440 e. The third-order valence-corrected chi connectivity index (χ3v) is 3.35. The molecule has 2 heterocycles. The number of carbonyl (C=O) groups excluding carboxylic acids is 1. The van der Waals surface area contributed by atoms with Gasteiger partial charge in [-0.15, -0.1) is 0 Å². The summed E-state index contributed by atoms with van der Waals surface area (Å²) in [5.74, 6) is 0.297. The van der Waals surface area contributed by atoms with Gasteiger partial charge in [-0.1, -0.05) is 0 Å². The zero-order valence-corrected chi connectivity index (χ0v) is 12.1. The van der Waals surface area contributed by atoms with Crippen LogP contribution < -0.4 is 21.5 Å². The Morgan fingerprint density at radius 1 is 1.48 bits per heavy atom. The highest BCUT2D eigenvalue weighted by molar-refractivity contribution is 5.67. The van der Waals surface area contributed by atoms with E-state index in [1.807, 2.05) is 0 Å². The first-order valence-corrected chi connectivity index (χ1v) is 6.71. The lowest BCUT2D eigenvalue weighted by Crippen LogP contribution is -2.40. The number of aromatic nitrogens is 2. The van der Waals surface area contributed by atoms with Crippen LogP contribution in [0.25, 0.3) is 0 Å². The third kappa shape index (κ3) is 4.50. The van der Waals surface area contributed by atoms with Crippen LogP contribution in [0.1, 0.15) is 6.42 Å². The Kier molecular flexibility index (Phi) is 4.66. The Balaban J connectivity index is 1.93. The van der Waals surface area contributed by atoms with E-state index in [1.54, 1.807) is 4.90 Å². The highest BCUT2D eigenvalue weighted by atomic mass is 19.4. The van der Waals surface area contributed by atoms with Crippen LogP contribution in [-0.2, 0) is 11.8 Å². The molecule has 23 heavy (non-hydrogen) atoms. The van der Waals surface area contributed by atoms with E-state index in [4.69, 9.17) is 0 Å². The number of halogens is 3. The molecule has 1 aromatic heterocycles. The molecule has 0 aromatic carbocycles. The molecule has 2 rings (SSSR count). The summed E-state index contributed by atoms with van der Waals surface area (Å²) in [5, 5.41) is 2.31. The zero-order valence-electron chi connectivity index (χ0n) is 12.1. The average Bonchev–Trinajstić information content (AvgIpc) is 2.90. The van der Waals surface area contributed by atoms with Gasteiger partial charge in [0.25, 0.3) is 5.56 Å². The smallest absolute Gasteiger partial charge is 0.422 e. The maximum atomic E-state index is 11.9. The van der Waals surface area contributed by atoms with Gasteiger partial charge in [0.15, 0.2) is 6.61 Å². The fraction of sp³-hybridized carbons (Fsp3) is 0.583. The van der Waals surface area contributed by atoms with E-state index in [-0.39, 0.29) is 6.54 Å². The topological polar surface area (TPSA) is 96.4 Å². The van der Waals surface area contributed by atoms with Crippen molar-refractivity contribution in [2.24, 2.45) is 7.05 Å². The van der Waals surface area contributed by atoms with Crippen LogP contribution >= 0.6 is 0 Å². The number of H-pyrrole nitrogens is 1. The van der Waals surface area contributed by atoms with Crippen molar-refractivity contribution in [2.75, 3.05) is 24.6 Å². The zero-order chi connectivity index (χ0) is 17.2. The van der Waals surface area contributed by atoms with Gasteiger partial charge in [-0.05, 0) is 6.42 Å². The summed E-state index contributed by atoms with van der Waals surface area (Å²) in [7, 11) is 1.33.